The average molecular weight is 296 g/mol. The standard InChI is InChI=1S/C13H24N6S/c1-3-4-11(13(14)20)19-7-5-18(6-8-19)9-12-15-10-16-17(12)2/h10-11H,3-9H2,1-2H3,(H2,14,20). The Kier molecular flexibility index (Phi) is 5.45. The Labute approximate surface area is 125 Å². The minimum absolute atomic E-state index is 0.256. The van der Waals surface area contributed by atoms with Crippen molar-refractivity contribution in [3.8, 4) is 0 Å². The van der Waals surface area contributed by atoms with Crippen molar-refractivity contribution >= 4 is 17.2 Å². The molecule has 0 amide bonds. The van der Waals surface area contributed by atoms with Crippen LogP contribution < -0.4 is 5.73 Å². The zero-order valence-corrected chi connectivity index (χ0v) is 13.1. The molecule has 0 saturated carbocycles. The first-order valence-corrected chi connectivity index (χ1v) is 7.61. The van der Waals surface area contributed by atoms with E-state index in [1.165, 1.54) is 0 Å². The van der Waals surface area contributed by atoms with Gasteiger partial charge in [0, 0.05) is 33.2 Å². The van der Waals surface area contributed by atoms with Crippen LogP contribution in [0.2, 0.25) is 0 Å². The van der Waals surface area contributed by atoms with Gasteiger partial charge in [0.1, 0.15) is 12.2 Å². The highest BCUT2D eigenvalue weighted by molar-refractivity contribution is 7.80. The summed E-state index contributed by atoms with van der Waals surface area (Å²) in [6, 6.07) is 0.256. The van der Waals surface area contributed by atoms with E-state index >= 15 is 0 Å². The van der Waals surface area contributed by atoms with Crippen molar-refractivity contribution < 1.29 is 0 Å². The van der Waals surface area contributed by atoms with Crippen molar-refractivity contribution in [2.45, 2.75) is 32.4 Å². The van der Waals surface area contributed by atoms with Gasteiger partial charge in [-0.3, -0.25) is 14.5 Å². The van der Waals surface area contributed by atoms with E-state index in [1.807, 2.05) is 11.7 Å². The van der Waals surface area contributed by atoms with Gasteiger partial charge in [-0.2, -0.15) is 5.10 Å². The molecule has 0 aromatic carbocycles. The lowest BCUT2D eigenvalue weighted by molar-refractivity contribution is 0.107. The lowest BCUT2D eigenvalue weighted by Gasteiger charge is -2.38. The van der Waals surface area contributed by atoms with Crippen LogP contribution in [0.5, 0.6) is 0 Å². The van der Waals surface area contributed by atoms with Crippen molar-refractivity contribution in [2.24, 2.45) is 12.8 Å². The highest BCUT2D eigenvalue weighted by Crippen LogP contribution is 2.13. The van der Waals surface area contributed by atoms with E-state index in [0.29, 0.717) is 4.99 Å². The monoisotopic (exact) mass is 296 g/mol. The smallest absolute Gasteiger partial charge is 0.140 e. The number of piperazine rings is 1. The van der Waals surface area contributed by atoms with Gasteiger partial charge in [0.05, 0.1) is 17.6 Å². The molecule has 2 heterocycles. The summed E-state index contributed by atoms with van der Waals surface area (Å²) in [6.07, 6.45) is 3.77. The molecule has 0 radical (unpaired) electrons. The SMILES string of the molecule is CCCC(C(N)=S)N1CCN(Cc2ncnn2C)CC1. The van der Waals surface area contributed by atoms with Gasteiger partial charge in [-0.25, -0.2) is 4.98 Å². The fourth-order valence-corrected chi connectivity index (χ4v) is 2.94. The second-order valence-electron chi connectivity index (χ2n) is 5.32. The van der Waals surface area contributed by atoms with Crippen LogP contribution in [0.1, 0.15) is 25.6 Å². The predicted octanol–water partition coefficient (Wildman–Crippen LogP) is 0.388. The van der Waals surface area contributed by atoms with Crippen LogP contribution in [0.25, 0.3) is 0 Å². The fourth-order valence-electron chi connectivity index (χ4n) is 2.67. The van der Waals surface area contributed by atoms with Crippen LogP contribution in [0, 0.1) is 0 Å². The molecule has 20 heavy (non-hydrogen) atoms. The molecular weight excluding hydrogens is 272 g/mol. The van der Waals surface area contributed by atoms with Gasteiger partial charge in [0.2, 0.25) is 0 Å². The maximum absolute atomic E-state index is 5.87. The molecular formula is C13H24N6S. The Balaban J connectivity index is 1.85. The minimum Gasteiger partial charge on any atom is -0.392 e. The summed E-state index contributed by atoms with van der Waals surface area (Å²) in [5, 5.41) is 4.11. The normalized spacial score (nSPS) is 19.1. The van der Waals surface area contributed by atoms with E-state index in [2.05, 4.69) is 26.8 Å². The first kappa shape index (κ1) is 15.3. The molecule has 1 aromatic heterocycles. The third kappa shape index (κ3) is 3.74. The van der Waals surface area contributed by atoms with Crippen LogP contribution in [-0.2, 0) is 13.6 Å². The molecule has 1 atom stereocenters. The largest absolute Gasteiger partial charge is 0.392 e. The Hall–Kier alpha value is -1.05. The zero-order chi connectivity index (χ0) is 14.5. The molecule has 1 fully saturated rings. The molecule has 1 aromatic rings. The van der Waals surface area contributed by atoms with Crippen LogP contribution in [0.4, 0.5) is 0 Å². The first-order valence-electron chi connectivity index (χ1n) is 7.20. The van der Waals surface area contributed by atoms with Gasteiger partial charge in [-0.1, -0.05) is 25.6 Å². The molecule has 7 heteroatoms. The Morgan fingerprint density at radius 3 is 2.60 bits per heavy atom. The van der Waals surface area contributed by atoms with E-state index in [4.69, 9.17) is 18.0 Å². The van der Waals surface area contributed by atoms with Crippen molar-refractivity contribution in [1.82, 2.24) is 24.6 Å². The molecule has 1 aliphatic heterocycles. The summed E-state index contributed by atoms with van der Waals surface area (Å²) in [6.45, 7) is 7.11. The summed E-state index contributed by atoms with van der Waals surface area (Å²) in [4.78, 5) is 9.73. The maximum Gasteiger partial charge on any atom is 0.140 e. The van der Waals surface area contributed by atoms with Crippen molar-refractivity contribution in [3.63, 3.8) is 0 Å². The van der Waals surface area contributed by atoms with Gasteiger partial charge in [-0.05, 0) is 6.42 Å². The highest BCUT2D eigenvalue weighted by Gasteiger charge is 2.25. The van der Waals surface area contributed by atoms with Gasteiger partial charge >= 0.3 is 0 Å². The number of aromatic nitrogens is 3. The van der Waals surface area contributed by atoms with Crippen LogP contribution >= 0.6 is 12.2 Å². The number of hydrogen-bond acceptors (Lipinski definition) is 5. The van der Waals surface area contributed by atoms with Gasteiger partial charge in [0.15, 0.2) is 0 Å². The highest BCUT2D eigenvalue weighted by atomic mass is 32.1. The molecule has 112 valence electrons. The topological polar surface area (TPSA) is 63.2 Å². The van der Waals surface area contributed by atoms with E-state index in [9.17, 15) is 0 Å². The molecule has 1 unspecified atom stereocenters. The molecule has 0 bridgehead atoms. The fraction of sp³-hybridized carbons (Fsp3) is 0.769. The summed E-state index contributed by atoms with van der Waals surface area (Å²) in [5.41, 5.74) is 5.87. The molecule has 0 aliphatic carbocycles. The van der Waals surface area contributed by atoms with E-state index < -0.39 is 0 Å². The third-order valence-electron chi connectivity index (χ3n) is 3.91. The number of rotatable bonds is 6. The van der Waals surface area contributed by atoms with Gasteiger partial charge in [-0.15, -0.1) is 0 Å². The van der Waals surface area contributed by atoms with Crippen LogP contribution in [-0.4, -0.2) is 61.8 Å². The average Bonchev–Trinajstić information content (AvgIpc) is 2.82. The van der Waals surface area contributed by atoms with Crippen LogP contribution in [0.15, 0.2) is 6.33 Å². The van der Waals surface area contributed by atoms with Crippen molar-refractivity contribution in [2.75, 3.05) is 26.2 Å². The number of hydrogen-bond donors (Lipinski definition) is 1. The van der Waals surface area contributed by atoms with Crippen molar-refractivity contribution in [1.29, 1.82) is 0 Å². The summed E-state index contributed by atoms with van der Waals surface area (Å²) < 4.78 is 1.83. The molecule has 0 spiro atoms. The third-order valence-corrected chi connectivity index (χ3v) is 4.18. The van der Waals surface area contributed by atoms with E-state index in [1.54, 1.807) is 6.33 Å². The number of nitrogens with two attached hydrogens (primary N) is 1. The molecule has 1 aliphatic rings. The summed E-state index contributed by atoms with van der Waals surface area (Å²) in [7, 11) is 1.93. The Morgan fingerprint density at radius 2 is 2.10 bits per heavy atom. The van der Waals surface area contributed by atoms with Crippen LogP contribution in [0.3, 0.4) is 0 Å². The first-order chi connectivity index (χ1) is 9.61. The van der Waals surface area contributed by atoms with Crippen molar-refractivity contribution in [3.05, 3.63) is 12.2 Å². The lowest BCUT2D eigenvalue weighted by Crippen LogP contribution is -2.53. The second-order valence-corrected chi connectivity index (χ2v) is 5.79. The molecule has 2 N–H and O–H groups in total. The maximum atomic E-state index is 5.87. The van der Waals surface area contributed by atoms with Gasteiger partial charge in [0.25, 0.3) is 0 Å². The quantitative estimate of drug-likeness (QED) is 0.766. The number of aryl methyl sites for hydroxylation is 1. The molecule has 1 saturated heterocycles. The minimum atomic E-state index is 0.256. The number of thiocarbonyl (C=S) groups is 1. The Morgan fingerprint density at radius 1 is 1.40 bits per heavy atom. The second kappa shape index (κ2) is 7.10. The summed E-state index contributed by atoms with van der Waals surface area (Å²) >= 11 is 5.20. The molecule has 6 nitrogen and oxygen atoms in total. The molecule has 2 rings (SSSR count). The van der Waals surface area contributed by atoms with Gasteiger partial charge < -0.3 is 5.73 Å². The zero-order valence-electron chi connectivity index (χ0n) is 12.3. The van der Waals surface area contributed by atoms with E-state index in [-0.39, 0.29) is 6.04 Å². The lowest BCUT2D eigenvalue weighted by atomic mass is 10.1. The number of nitrogens with zero attached hydrogens (tertiary/aromatic N) is 5. The predicted molar refractivity (Wildman–Crippen MR) is 83.3 cm³/mol. The Bertz CT molecular complexity index is 438. The summed E-state index contributed by atoms with van der Waals surface area (Å²) in [5.74, 6) is 1.01. The van der Waals surface area contributed by atoms with E-state index in [0.717, 1.165) is 51.4 Å².